The van der Waals surface area contributed by atoms with Gasteiger partial charge in [0, 0.05) is 36.3 Å². The van der Waals surface area contributed by atoms with Crippen LogP contribution in [0.2, 0.25) is 0 Å². The number of rotatable bonds is 5. The summed E-state index contributed by atoms with van der Waals surface area (Å²) in [5.41, 5.74) is 2.28. The second-order valence-corrected chi connectivity index (χ2v) is 7.79. The van der Waals surface area contributed by atoms with Crippen LogP contribution < -0.4 is 16.4 Å². The van der Waals surface area contributed by atoms with Crippen molar-refractivity contribution in [3.8, 4) is 16.5 Å². The van der Waals surface area contributed by atoms with Crippen LogP contribution in [0.25, 0.3) is 21.5 Å². The first-order chi connectivity index (χ1) is 13.0. The van der Waals surface area contributed by atoms with Crippen molar-refractivity contribution in [3.63, 3.8) is 0 Å². The lowest BCUT2D eigenvalue weighted by molar-refractivity contribution is -0.126. The number of carbonyl (C=O) groups is 1. The molecule has 4 rings (SSSR count). The lowest BCUT2D eigenvalue weighted by Crippen LogP contribution is -2.52. The second-order valence-electron chi connectivity index (χ2n) is 6.63. The molecule has 3 heterocycles. The Hall–Kier alpha value is -2.89. The first-order valence-electron chi connectivity index (χ1n) is 8.64. The largest absolute Gasteiger partial charge is 0.419 e. The maximum Gasteiger partial charge on any atom is 0.419 e. The molecule has 1 saturated heterocycles. The number of oxazole rings is 1. The summed E-state index contributed by atoms with van der Waals surface area (Å²) in [7, 11) is 1.68. The van der Waals surface area contributed by atoms with Gasteiger partial charge < -0.3 is 15.1 Å². The number of amides is 1. The van der Waals surface area contributed by atoms with Crippen LogP contribution in [0.4, 0.5) is 0 Å². The molecule has 1 atom stereocenters. The van der Waals surface area contributed by atoms with Crippen LogP contribution in [0.3, 0.4) is 0 Å². The van der Waals surface area contributed by atoms with E-state index in [2.05, 4.69) is 16.7 Å². The number of nitrogens with zero attached hydrogens (tertiary/aromatic N) is 2. The predicted molar refractivity (Wildman–Crippen MR) is 102 cm³/mol. The monoisotopic (exact) mass is 382 g/mol. The average molecular weight is 382 g/mol. The maximum absolute atomic E-state index is 12.0. The Labute approximate surface area is 159 Å². The number of aryl methyl sites for hydroxylation is 1. The fourth-order valence-corrected chi connectivity index (χ4v) is 4.07. The van der Waals surface area contributed by atoms with E-state index in [4.69, 9.17) is 4.42 Å². The van der Waals surface area contributed by atoms with Crippen molar-refractivity contribution < 1.29 is 9.21 Å². The van der Waals surface area contributed by atoms with Crippen LogP contribution in [0, 0.1) is 17.2 Å². The molecule has 1 aliphatic heterocycles. The smallest absolute Gasteiger partial charge is 0.408 e. The molecular weight excluding hydrogens is 364 g/mol. The Morgan fingerprint density at radius 1 is 1.44 bits per heavy atom. The van der Waals surface area contributed by atoms with E-state index in [1.807, 2.05) is 24.3 Å². The van der Waals surface area contributed by atoms with Gasteiger partial charge in [0.15, 0.2) is 5.58 Å². The minimum absolute atomic E-state index is 0.0342. The third-order valence-electron chi connectivity index (χ3n) is 4.77. The van der Waals surface area contributed by atoms with E-state index in [0.29, 0.717) is 25.1 Å². The number of fused-ring (bicyclic) bond motifs is 1. The molecule has 0 spiro atoms. The molecule has 1 fully saturated rings. The van der Waals surface area contributed by atoms with E-state index in [0.717, 1.165) is 20.8 Å². The maximum atomic E-state index is 12.0. The van der Waals surface area contributed by atoms with E-state index in [-0.39, 0.29) is 17.6 Å². The van der Waals surface area contributed by atoms with Gasteiger partial charge in [0.2, 0.25) is 5.91 Å². The number of carbonyl (C=O) groups excluding carboxylic acids is 1. The van der Waals surface area contributed by atoms with Gasteiger partial charge in [-0.25, -0.2) is 4.79 Å². The topological polar surface area (TPSA) is 100 Å². The first-order valence-corrected chi connectivity index (χ1v) is 9.46. The Morgan fingerprint density at radius 3 is 2.96 bits per heavy atom. The van der Waals surface area contributed by atoms with Crippen molar-refractivity contribution in [2.24, 2.45) is 13.0 Å². The van der Waals surface area contributed by atoms with Crippen molar-refractivity contribution in [2.75, 3.05) is 13.1 Å². The predicted octanol–water partition coefficient (Wildman–Crippen LogP) is 1.63. The third kappa shape index (κ3) is 3.39. The minimum atomic E-state index is -0.540. The minimum Gasteiger partial charge on any atom is -0.408 e. The molecule has 1 aliphatic rings. The molecule has 2 N–H and O–H groups in total. The SMILES string of the molecule is Cn1c(=O)oc2ccc(-c3ccc(C[C@@H](C#N)NC(=O)C4CNC4)s3)cc21. The van der Waals surface area contributed by atoms with E-state index in [1.54, 1.807) is 24.5 Å². The summed E-state index contributed by atoms with van der Waals surface area (Å²) in [5.74, 6) is -0.486. The molecule has 0 radical (unpaired) electrons. The summed E-state index contributed by atoms with van der Waals surface area (Å²) >= 11 is 1.57. The van der Waals surface area contributed by atoms with E-state index >= 15 is 0 Å². The standard InChI is InChI=1S/C19H18N4O3S/c1-23-15-6-11(2-4-16(15)26-19(23)25)17-5-3-14(27-17)7-13(8-20)22-18(24)12-9-21-10-12/h2-6,12-13,21H,7,9-10H2,1H3,(H,22,24)/t13-/m0/s1. The zero-order chi connectivity index (χ0) is 19.0. The molecule has 138 valence electrons. The van der Waals surface area contributed by atoms with Gasteiger partial charge in [0.05, 0.1) is 17.5 Å². The molecule has 8 heteroatoms. The molecule has 2 aromatic heterocycles. The third-order valence-corrected chi connectivity index (χ3v) is 5.92. The van der Waals surface area contributed by atoms with Crippen LogP contribution in [0.15, 0.2) is 39.5 Å². The van der Waals surface area contributed by atoms with Gasteiger partial charge in [0.25, 0.3) is 0 Å². The quantitative estimate of drug-likeness (QED) is 0.699. The zero-order valence-corrected chi connectivity index (χ0v) is 15.5. The molecule has 3 aromatic rings. The van der Waals surface area contributed by atoms with Crippen molar-refractivity contribution in [1.29, 1.82) is 5.26 Å². The lowest BCUT2D eigenvalue weighted by Gasteiger charge is -2.26. The molecule has 0 saturated carbocycles. The number of nitriles is 1. The van der Waals surface area contributed by atoms with E-state index < -0.39 is 6.04 Å². The van der Waals surface area contributed by atoms with Crippen molar-refractivity contribution in [1.82, 2.24) is 15.2 Å². The first kappa shape index (κ1) is 17.5. The fourth-order valence-electron chi connectivity index (χ4n) is 3.02. The molecular formula is C19H18N4O3S. The summed E-state index contributed by atoms with van der Waals surface area (Å²) in [6.07, 6.45) is 0.472. The highest BCUT2D eigenvalue weighted by molar-refractivity contribution is 7.15. The molecule has 7 nitrogen and oxygen atoms in total. The summed E-state index contributed by atoms with van der Waals surface area (Å²) in [6.45, 7) is 1.35. The van der Waals surface area contributed by atoms with Gasteiger partial charge in [0.1, 0.15) is 6.04 Å². The molecule has 27 heavy (non-hydrogen) atoms. The number of nitrogens with one attached hydrogen (secondary N) is 2. The molecule has 1 amide bonds. The number of aromatic nitrogens is 1. The number of hydrogen-bond acceptors (Lipinski definition) is 6. The van der Waals surface area contributed by atoms with Crippen LogP contribution in [-0.4, -0.2) is 29.6 Å². The van der Waals surface area contributed by atoms with Crippen LogP contribution in [-0.2, 0) is 18.3 Å². The van der Waals surface area contributed by atoms with Crippen LogP contribution >= 0.6 is 11.3 Å². The van der Waals surface area contributed by atoms with Crippen LogP contribution in [0.1, 0.15) is 4.88 Å². The summed E-state index contributed by atoms with van der Waals surface area (Å²) in [4.78, 5) is 25.7. The Bertz CT molecular complexity index is 1100. The summed E-state index contributed by atoms with van der Waals surface area (Å²) in [5, 5.41) is 15.2. The number of hydrogen-bond donors (Lipinski definition) is 2. The lowest BCUT2D eigenvalue weighted by atomic mass is 10.0. The van der Waals surface area contributed by atoms with Gasteiger partial charge in [-0.05, 0) is 35.9 Å². The number of thiophene rings is 1. The summed E-state index contributed by atoms with van der Waals surface area (Å²) < 4.78 is 6.64. The molecule has 0 bridgehead atoms. The molecule has 1 aromatic carbocycles. The number of benzene rings is 1. The highest BCUT2D eigenvalue weighted by Crippen LogP contribution is 2.30. The second kappa shape index (κ2) is 7.02. The van der Waals surface area contributed by atoms with Crippen LogP contribution in [0.5, 0.6) is 0 Å². The van der Waals surface area contributed by atoms with E-state index in [1.165, 1.54) is 4.57 Å². The van der Waals surface area contributed by atoms with Gasteiger partial charge in [-0.15, -0.1) is 11.3 Å². The Kier molecular flexibility index (Phi) is 4.56. The fraction of sp³-hybridized carbons (Fsp3) is 0.316. The average Bonchev–Trinajstić information content (AvgIpc) is 3.18. The van der Waals surface area contributed by atoms with Gasteiger partial charge in [-0.2, -0.15) is 5.26 Å². The highest BCUT2D eigenvalue weighted by Gasteiger charge is 2.26. The Morgan fingerprint density at radius 2 is 2.26 bits per heavy atom. The highest BCUT2D eigenvalue weighted by atomic mass is 32.1. The summed E-state index contributed by atoms with van der Waals surface area (Å²) in [6, 6.07) is 11.2. The van der Waals surface area contributed by atoms with Crippen molar-refractivity contribution in [3.05, 3.63) is 45.8 Å². The molecule has 0 aliphatic carbocycles. The van der Waals surface area contributed by atoms with E-state index in [9.17, 15) is 14.9 Å². The van der Waals surface area contributed by atoms with Crippen molar-refractivity contribution >= 4 is 28.3 Å². The van der Waals surface area contributed by atoms with Crippen molar-refractivity contribution in [2.45, 2.75) is 12.5 Å². The van der Waals surface area contributed by atoms with Gasteiger partial charge in [-0.1, -0.05) is 0 Å². The normalized spacial score (nSPS) is 15.3. The van der Waals surface area contributed by atoms with Gasteiger partial charge >= 0.3 is 5.76 Å². The zero-order valence-electron chi connectivity index (χ0n) is 14.7. The van der Waals surface area contributed by atoms with Gasteiger partial charge in [-0.3, -0.25) is 9.36 Å². The molecule has 0 unspecified atom stereocenters. The Balaban J connectivity index is 1.51.